The van der Waals surface area contributed by atoms with E-state index in [0.717, 1.165) is 82.8 Å². The fraction of sp³-hybridized carbons (Fsp3) is 0. The van der Waals surface area contributed by atoms with Crippen LogP contribution in [0.1, 0.15) is 0 Å². The van der Waals surface area contributed by atoms with Crippen LogP contribution in [0.25, 0.3) is 100 Å². The number of rotatable bonds is 5. The maximum atomic E-state index is 6.62. The van der Waals surface area contributed by atoms with E-state index in [1.807, 2.05) is 84.9 Å². The predicted molar refractivity (Wildman–Crippen MR) is 202 cm³/mol. The summed E-state index contributed by atoms with van der Waals surface area (Å²) in [5.74, 6) is 1.71. The average molecular weight is 642 g/mol. The van der Waals surface area contributed by atoms with Gasteiger partial charge < -0.3 is 8.83 Å². The Morgan fingerprint density at radius 1 is 0.300 bits per heavy atom. The topological polar surface area (TPSA) is 65.0 Å². The van der Waals surface area contributed by atoms with Gasteiger partial charge in [-0.25, -0.2) is 15.0 Å². The minimum atomic E-state index is 0.549. The molecule has 0 radical (unpaired) electrons. The van der Waals surface area contributed by atoms with Crippen molar-refractivity contribution in [3.05, 3.63) is 164 Å². The van der Waals surface area contributed by atoms with Crippen molar-refractivity contribution in [2.45, 2.75) is 0 Å². The summed E-state index contributed by atoms with van der Waals surface area (Å²) in [5, 5.41) is 4.11. The molecule has 0 aliphatic heterocycles. The Hall–Kier alpha value is -6.85. The van der Waals surface area contributed by atoms with E-state index >= 15 is 0 Å². The van der Waals surface area contributed by atoms with Crippen LogP contribution in [0.2, 0.25) is 0 Å². The predicted octanol–water partition coefficient (Wildman–Crippen LogP) is 12.0. The highest BCUT2D eigenvalue weighted by atomic mass is 16.3. The summed E-state index contributed by atoms with van der Waals surface area (Å²) >= 11 is 0. The van der Waals surface area contributed by atoms with E-state index in [9.17, 15) is 0 Å². The number of nitrogens with zero attached hydrogens (tertiary/aromatic N) is 3. The molecule has 0 amide bonds. The molecule has 0 bridgehead atoms. The van der Waals surface area contributed by atoms with E-state index in [2.05, 4.69) is 78.9 Å². The SMILES string of the molecule is c1ccc(-c2cc(-c3ccccc3)c3oc4ccc(-c5nc(-c6ccccc6)nc(-c6cccc7c6oc6ccccc67)n5)cc4c3c2)cc1. The maximum Gasteiger partial charge on any atom is 0.167 e. The Bertz CT molecular complexity index is 2860. The molecule has 0 unspecified atom stereocenters. The van der Waals surface area contributed by atoms with Crippen molar-refractivity contribution < 1.29 is 8.83 Å². The summed E-state index contributed by atoms with van der Waals surface area (Å²) in [5.41, 5.74) is 10.2. The fourth-order valence-corrected chi connectivity index (χ4v) is 6.91. The first-order chi connectivity index (χ1) is 24.8. The van der Waals surface area contributed by atoms with Gasteiger partial charge in [0.15, 0.2) is 17.5 Å². The number of furan rings is 2. The third-order valence-corrected chi connectivity index (χ3v) is 9.33. The van der Waals surface area contributed by atoms with Crippen LogP contribution in [-0.2, 0) is 0 Å². The molecule has 0 atom stereocenters. The summed E-state index contributed by atoms with van der Waals surface area (Å²) in [4.78, 5) is 15.2. The van der Waals surface area contributed by atoms with Gasteiger partial charge in [-0.2, -0.15) is 0 Å². The molecule has 0 N–H and O–H groups in total. The van der Waals surface area contributed by atoms with E-state index in [1.54, 1.807) is 0 Å². The standard InChI is InChI=1S/C45H27N3O2/c1-4-13-28(14-5-1)32-26-36(29-15-6-2-7-16-29)42-38(27-32)37-25-31(23-24-40(37)50-42)44-46-43(30-17-8-3-9-18-30)47-45(48-44)35-21-12-20-34-33-19-10-11-22-39(33)49-41(34)35/h1-27H. The molecule has 5 nitrogen and oxygen atoms in total. The Morgan fingerprint density at radius 3 is 1.62 bits per heavy atom. The van der Waals surface area contributed by atoms with Crippen LogP contribution >= 0.6 is 0 Å². The van der Waals surface area contributed by atoms with Gasteiger partial charge in [0.2, 0.25) is 0 Å². The van der Waals surface area contributed by atoms with Crippen molar-refractivity contribution in [3.8, 4) is 56.4 Å². The number of para-hydroxylation sites is 2. The van der Waals surface area contributed by atoms with Crippen molar-refractivity contribution in [1.82, 2.24) is 15.0 Å². The second-order valence-electron chi connectivity index (χ2n) is 12.4. The van der Waals surface area contributed by atoms with Crippen molar-refractivity contribution >= 4 is 43.9 Å². The zero-order chi connectivity index (χ0) is 33.0. The minimum absolute atomic E-state index is 0.549. The molecule has 0 aliphatic rings. The van der Waals surface area contributed by atoms with Crippen molar-refractivity contribution in [2.24, 2.45) is 0 Å². The molecular weight excluding hydrogens is 615 g/mol. The lowest BCUT2D eigenvalue weighted by Crippen LogP contribution is -2.00. The molecule has 3 heterocycles. The highest BCUT2D eigenvalue weighted by Crippen LogP contribution is 2.41. The first-order valence-electron chi connectivity index (χ1n) is 16.6. The molecule has 10 rings (SSSR count). The molecule has 0 fully saturated rings. The lowest BCUT2D eigenvalue weighted by atomic mass is 9.95. The Labute approximate surface area is 287 Å². The van der Waals surface area contributed by atoms with Gasteiger partial charge in [-0.3, -0.25) is 0 Å². The van der Waals surface area contributed by atoms with Gasteiger partial charge in [0.05, 0.1) is 5.56 Å². The minimum Gasteiger partial charge on any atom is -0.455 e. The van der Waals surface area contributed by atoms with Gasteiger partial charge in [0.25, 0.3) is 0 Å². The molecule has 0 aliphatic carbocycles. The normalized spacial score (nSPS) is 11.6. The molecule has 3 aromatic heterocycles. The first-order valence-corrected chi connectivity index (χ1v) is 16.6. The highest BCUT2D eigenvalue weighted by Gasteiger charge is 2.20. The molecule has 7 aromatic carbocycles. The van der Waals surface area contributed by atoms with Crippen LogP contribution in [0.15, 0.2) is 173 Å². The first kappa shape index (κ1) is 28.2. The van der Waals surface area contributed by atoms with E-state index in [-0.39, 0.29) is 0 Å². The molecule has 0 saturated heterocycles. The number of benzene rings is 7. The van der Waals surface area contributed by atoms with Gasteiger partial charge >= 0.3 is 0 Å². The second-order valence-corrected chi connectivity index (χ2v) is 12.4. The summed E-state index contributed by atoms with van der Waals surface area (Å²) in [6.07, 6.45) is 0. The maximum absolute atomic E-state index is 6.62. The molecule has 0 spiro atoms. The van der Waals surface area contributed by atoms with E-state index in [4.69, 9.17) is 23.8 Å². The zero-order valence-corrected chi connectivity index (χ0v) is 26.7. The van der Waals surface area contributed by atoms with Gasteiger partial charge in [-0.05, 0) is 59.2 Å². The smallest absolute Gasteiger partial charge is 0.167 e. The van der Waals surface area contributed by atoms with Gasteiger partial charge in [0.1, 0.15) is 22.3 Å². The van der Waals surface area contributed by atoms with Crippen LogP contribution in [0.4, 0.5) is 0 Å². The Balaban J connectivity index is 1.20. The fourth-order valence-electron chi connectivity index (χ4n) is 6.91. The van der Waals surface area contributed by atoms with E-state index in [1.165, 1.54) is 0 Å². The summed E-state index contributed by atoms with van der Waals surface area (Å²) in [6, 6.07) is 55.8. The van der Waals surface area contributed by atoms with Crippen molar-refractivity contribution in [3.63, 3.8) is 0 Å². The van der Waals surface area contributed by atoms with E-state index < -0.39 is 0 Å². The second kappa shape index (κ2) is 11.4. The number of hydrogen-bond donors (Lipinski definition) is 0. The third kappa shape index (κ3) is 4.67. The lowest BCUT2D eigenvalue weighted by Gasteiger charge is -2.09. The van der Waals surface area contributed by atoms with Crippen LogP contribution in [-0.4, -0.2) is 15.0 Å². The number of fused-ring (bicyclic) bond motifs is 6. The van der Waals surface area contributed by atoms with Gasteiger partial charge in [-0.1, -0.05) is 121 Å². The molecule has 0 saturated carbocycles. The molecule has 50 heavy (non-hydrogen) atoms. The molecule has 10 aromatic rings. The van der Waals surface area contributed by atoms with Crippen molar-refractivity contribution in [2.75, 3.05) is 0 Å². The van der Waals surface area contributed by atoms with Crippen LogP contribution < -0.4 is 0 Å². The monoisotopic (exact) mass is 641 g/mol. The summed E-state index contributed by atoms with van der Waals surface area (Å²) < 4.78 is 13.0. The molecular formula is C45H27N3O2. The van der Waals surface area contributed by atoms with Crippen LogP contribution in [0, 0.1) is 0 Å². The summed E-state index contributed by atoms with van der Waals surface area (Å²) in [7, 11) is 0. The number of aromatic nitrogens is 3. The zero-order valence-electron chi connectivity index (χ0n) is 26.7. The Morgan fingerprint density at radius 2 is 0.860 bits per heavy atom. The molecule has 234 valence electrons. The summed E-state index contributed by atoms with van der Waals surface area (Å²) in [6.45, 7) is 0. The largest absolute Gasteiger partial charge is 0.455 e. The quantitative estimate of drug-likeness (QED) is 0.187. The van der Waals surface area contributed by atoms with Crippen LogP contribution in [0.5, 0.6) is 0 Å². The van der Waals surface area contributed by atoms with Crippen molar-refractivity contribution in [1.29, 1.82) is 0 Å². The van der Waals surface area contributed by atoms with Crippen LogP contribution in [0.3, 0.4) is 0 Å². The van der Waals surface area contributed by atoms with Gasteiger partial charge in [-0.15, -0.1) is 0 Å². The molecule has 5 heteroatoms. The average Bonchev–Trinajstić information content (AvgIpc) is 3.76. The van der Waals surface area contributed by atoms with Gasteiger partial charge in [0, 0.05) is 38.2 Å². The highest BCUT2D eigenvalue weighted by molar-refractivity contribution is 6.12. The number of hydrogen-bond acceptors (Lipinski definition) is 5. The Kier molecular flexibility index (Phi) is 6.42. The lowest BCUT2D eigenvalue weighted by molar-refractivity contribution is 0.669. The third-order valence-electron chi connectivity index (χ3n) is 9.33. The van der Waals surface area contributed by atoms with E-state index in [0.29, 0.717) is 17.5 Å².